The van der Waals surface area contributed by atoms with Crippen molar-refractivity contribution in [3.8, 4) is 5.75 Å². The van der Waals surface area contributed by atoms with Crippen LogP contribution in [0.3, 0.4) is 0 Å². The van der Waals surface area contributed by atoms with Crippen molar-refractivity contribution in [1.82, 2.24) is 0 Å². The second-order valence-corrected chi connectivity index (χ2v) is 8.32. The minimum atomic E-state index is -0.0912. The molecular weight excluding hydrogens is 390 g/mol. The van der Waals surface area contributed by atoms with E-state index >= 15 is 0 Å². The van der Waals surface area contributed by atoms with Crippen LogP contribution in [0.25, 0.3) is 11.6 Å². The minimum absolute atomic E-state index is 0.0912. The van der Waals surface area contributed by atoms with Crippen LogP contribution in [0.5, 0.6) is 5.75 Å². The van der Waals surface area contributed by atoms with E-state index in [2.05, 4.69) is 48.9 Å². The van der Waals surface area contributed by atoms with Crippen LogP contribution in [0.2, 0.25) is 0 Å². The highest BCUT2D eigenvalue weighted by atomic mass is 79.9. The number of carbonyl (C=O) groups is 1. The Morgan fingerprint density at radius 2 is 1.65 bits per heavy atom. The monoisotopic (exact) mass is 413 g/mol. The molecule has 0 saturated carbocycles. The molecule has 1 amide bonds. The molecule has 2 aromatic rings. The molecule has 1 aliphatic rings. The Morgan fingerprint density at radius 1 is 1.08 bits per heavy atom. The van der Waals surface area contributed by atoms with E-state index in [1.807, 2.05) is 37.3 Å². The average Bonchev–Trinajstić information content (AvgIpc) is 2.88. The van der Waals surface area contributed by atoms with Gasteiger partial charge in [0.2, 0.25) is 0 Å². The molecule has 2 N–H and O–H groups in total. The van der Waals surface area contributed by atoms with Gasteiger partial charge in [0.05, 0.1) is 0 Å². The largest absolute Gasteiger partial charge is 0.507 e. The van der Waals surface area contributed by atoms with Gasteiger partial charge in [-0.15, -0.1) is 0 Å². The Kier molecular flexibility index (Phi) is 4.98. The SMILES string of the molecule is Cc1c(Br)ccc2c1C(=Cc1cc(C(C)C)c(O)c(C(C)C)c1)C(=O)N2. The smallest absolute Gasteiger partial charge is 0.256 e. The number of amides is 1. The van der Waals surface area contributed by atoms with Gasteiger partial charge in [-0.3, -0.25) is 4.79 Å². The van der Waals surface area contributed by atoms with Crippen LogP contribution in [0.4, 0.5) is 5.69 Å². The van der Waals surface area contributed by atoms with Gasteiger partial charge in [0.1, 0.15) is 5.75 Å². The van der Waals surface area contributed by atoms with Crippen molar-refractivity contribution in [2.75, 3.05) is 5.32 Å². The lowest BCUT2D eigenvalue weighted by Crippen LogP contribution is -2.04. The van der Waals surface area contributed by atoms with E-state index in [9.17, 15) is 9.90 Å². The molecule has 0 spiro atoms. The normalized spacial score (nSPS) is 15.1. The molecule has 0 aromatic heterocycles. The van der Waals surface area contributed by atoms with Gasteiger partial charge in [0.15, 0.2) is 0 Å². The van der Waals surface area contributed by atoms with Gasteiger partial charge in [0, 0.05) is 21.3 Å². The summed E-state index contributed by atoms with van der Waals surface area (Å²) in [5.74, 6) is 0.677. The summed E-state index contributed by atoms with van der Waals surface area (Å²) >= 11 is 3.55. The molecule has 26 heavy (non-hydrogen) atoms. The van der Waals surface area contributed by atoms with Crippen molar-refractivity contribution in [2.24, 2.45) is 0 Å². The van der Waals surface area contributed by atoms with Gasteiger partial charge in [-0.1, -0.05) is 43.6 Å². The minimum Gasteiger partial charge on any atom is -0.507 e. The Labute approximate surface area is 163 Å². The van der Waals surface area contributed by atoms with Crippen molar-refractivity contribution in [2.45, 2.75) is 46.5 Å². The predicted octanol–water partition coefficient (Wildman–Crippen LogP) is 6.20. The van der Waals surface area contributed by atoms with Crippen molar-refractivity contribution in [3.63, 3.8) is 0 Å². The molecule has 1 heterocycles. The molecule has 136 valence electrons. The maximum Gasteiger partial charge on any atom is 0.256 e. The van der Waals surface area contributed by atoms with E-state index in [-0.39, 0.29) is 17.7 Å². The van der Waals surface area contributed by atoms with Crippen LogP contribution < -0.4 is 5.32 Å². The van der Waals surface area contributed by atoms with Crippen molar-refractivity contribution < 1.29 is 9.90 Å². The summed E-state index contributed by atoms with van der Waals surface area (Å²) in [5, 5.41) is 13.5. The maximum absolute atomic E-state index is 12.6. The summed E-state index contributed by atoms with van der Waals surface area (Å²) in [6.07, 6.45) is 1.93. The molecule has 0 radical (unpaired) electrons. The number of carbonyl (C=O) groups excluding carboxylic acids is 1. The van der Waals surface area contributed by atoms with Crippen molar-refractivity contribution >= 4 is 39.2 Å². The van der Waals surface area contributed by atoms with Crippen LogP contribution >= 0.6 is 15.9 Å². The highest BCUT2D eigenvalue weighted by Gasteiger charge is 2.27. The average molecular weight is 414 g/mol. The van der Waals surface area contributed by atoms with Gasteiger partial charge < -0.3 is 10.4 Å². The number of halogens is 1. The number of hydrogen-bond donors (Lipinski definition) is 2. The fraction of sp³-hybridized carbons (Fsp3) is 0.318. The van der Waals surface area contributed by atoms with Gasteiger partial charge in [-0.05, 0) is 71.4 Å². The zero-order chi connectivity index (χ0) is 19.2. The second kappa shape index (κ2) is 6.92. The third kappa shape index (κ3) is 3.18. The Balaban J connectivity index is 2.21. The van der Waals surface area contributed by atoms with Crippen LogP contribution in [-0.2, 0) is 4.79 Å². The lowest BCUT2D eigenvalue weighted by molar-refractivity contribution is -0.110. The lowest BCUT2D eigenvalue weighted by Gasteiger charge is -2.17. The number of hydrogen-bond acceptors (Lipinski definition) is 2. The maximum atomic E-state index is 12.6. The highest BCUT2D eigenvalue weighted by Crippen LogP contribution is 2.40. The second-order valence-electron chi connectivity index (χ2n) is 7.46. The molecule has 0 atom stereocenters. The van der Waals surface area contributed by atoms with Gasteiger partial charge >= 0.3 is 0 Å². The van der Waals surface area contributed by atoms with E-state index in [0.717, 1.165) is 38.0 Å². The van der Waals surface area contributed by atoms with E-state index in [1.165, 1.54) is 0 Å². The van der Waals surface area contributed by atoms with Crippen LogP contribution in [0.15, 0.2) is 28.7 Å². The molecule has 2 aromatic carbocycles. The Bertz CT molecular complexity index is 897. The van der Waals surface area contributed by atoms with Crippen LogP contribution in [-0.4, -0.2) is 11.0 Å². The molecule has 3 nitrogen and oxygen atoms in total. The number of anilines is 1. The topological polar surface area (TPSA) is 49.3 Å². The first-order valence-corrected chi connectivity index (χ1v) is 9.69. The summed E-state index contributed by atoms with van der Waals surface area (Å²) in [4.78, 5) is 12.6. The predicted molar refractivity (Wildman–Crippen MR) is 112 cm³/mol. The molecular formula is C22H24BrNO2. The van der Waals surface area contributed by atoms with Crippen LogP contribution in [0, 0.1) is 6.92 Å². The third-order valence-electron chi connectivity index (χ3n) is 4.91. The number of aromatic hydroxyl groups is 1. The fourth-order valence-electron chi connectivity index (χ4n) is 3.41. The van der Waals surface area contributed by atoms with Gasteiger partial charge in [0.25, 0.3) is 5.91 Å². The number of phenolic OH excluding ortho intramolecular Hbond substituents is 1. The summed E-state index contributed by atoms with van der Waals surface area (Å²) in [7, 11) is 0. The molecule has 3 rings (SSSR count). The highest BCUT2D eigenvalue weighted by molar-refractivity contribution is 9.10. The molecule has 0 fully saturated rings. The standard InChI is InChI=1S/C22H24BrNO2/c1-11(2)15-8-14(9-16(12(3)4)21(15)25)10-17-20-13(5)18(23)6-7-19(20)24-22(17)26/h6-12,25H,1-5H3,(H,24,26). The van der Waals surface area contributed by atoms with Crippen molar-refractivity contribution in [3.05, 3.63) is 56.6 Å². The quantitative estimate of drug-likeness (QED) is 0.588. The number of fused-ring (bicyclic) bond motifs is 1. The summed E-state index contributed by atoms with van der Waals surface area (Å²) in [6.45, 7) is 10.3. The molecule has 0 aliphatic carbocycles. The van der Waals surface area contributed by atoms with E-state index in [1.54, 1.807) is 0 Å². The van der Waals surface area contributed by atoms with E-state index < -0.39 is 0 Å². The first-order chi connectivity index (χ1) is 12.2. The number of benzene rings is 2. The lowest BCUT2D eigenvalue weighted by atomic mass is 9.90. The van der Waals surface area contributed by atoms with Gasteiger partial charge in [-0.2, -0.15) is 0 Å². The van der Waals surface area contributed by atoms with E-state index in [4.69, 9.17) is 0 Å². The number of rotatable bonds is 3. The molecule has 0 bridgehead atoms. The molecule has 1 aliphatic heterocycles. The zero-order valence-corrected chi connectivity index (χ0v) is 17.4. The molecule has 0 unspecified atom stereocenters. The van der Waals surface area contributed by atoms with E-state index in [0.29, 0.717) is 11.3 Å². The number of nitrogens with one attached hydrogen (secondary N) is 1. The first-order valence-electron chi connectivity index (χ1n) is 8.90. The third-order valence-corrected chi connectivity index (χ3v) is 5.77. The summed E-state index contributed by atoms with van der Waals surface area (Å²) in [6, 6.07) is 7.84. The Morgan fingerprint density at radius 3 is 2.19 bits per heavy atom. The first kappa shape index (κ1) is 18.7. The van der Waals surface area contributed by atoms with Gasteiger partial charge in [-0.25, -0.2) is 0 Å². The van der Waals surface area contributed by atoms with Crippen molar-refractivity contribution in [1.29, 1.82) is 0 Å². The molecule has 4 heteroatoms. The van der Waals surface area contributed by atoms with Crippen LogP contribution in [0.1, 0.15) is 67.3 Å². The summed E-state index contributed by atoms with van der Waals surface area (Å²) < 4.78 is 0.982. The fourth-order valence-corrected chi connectivity index (χ4v) is 3.74. The Hall–Kier alpha value is -2.07. The number of phenols is 1. The summed E-state index contributed by atoms with van der Waals surface area (Å²) in [5.41, 5.74) is 6.24. The molecule has 0 saturated heterocycles. The zero-order valence-electron chi connectivity index (χ0n) is 15.8.